The monoisotopic (exact) mass is 338 g/mol. The summed E-state index contributed by atoms with van der Waals surface area (Å²) in [4.78, 5) is 22.7. The first-order valence-corrected chi connectivity index (χ1v) is 7.43. The number of Topliss-reactive ketones (excluding diaryl/α,β-unsaturated/α-hetero) is 1. The Balaban J connectivity index is 1.74. The van der Waals surface area contributed by atoms with Crippen molar-refractivity contribution in [1.82, 2.24) is 0 Å². The molecule has 1 aliphatic rings. The van der Waals surface area contributed by atoms with Crippen molar-refractivity contribution in [2.24, 2.45) is 0 Å². The lowest BCUT2D eigenvalue weighted by Crippen LogP contribution is -1.99. The smallest absolute Gasteiger partial charge is 0.328 e. The number of phenolic OH excluding ortho intramolecular Hbond substituents is 2. The molecule has 3 N–H and O–H groups in total. The van der Waals surface area contributed by atoms with Crippen molar-refractivity contribution in [2.75, 3.05) is 0 Å². The van der Waals surface area contributed by atoms with Gasteiger partial charge in [0.05, 0.1) is 5.56 Å². The van der Waals surface area contributed by atoms with Crippen molar-refractivity contribution < 1.29 is 29.6 Å². The highest BCUT2D eigenvalue weighted by Crippen LogP contribution is 2.43. The molecule has 0 atom stereocenters. The van der Waals surface area contributed by atoms with Crippen molar-refractivity contribution in [2.45, 2.75) is 6.42 Å². The number of rotatable bonds is 4. The fraction of sp³-hybridized carbons (Fsp3) is 0.0526. The number of phenols is 2. The number of carbonyl (C=O) groups is 2. The van der Waals surface area contributed by atoms with Crippen LogP contribution in [-0.4, -0.2) is 27.1 Å². The second kappa shape index (κ2) is 6.52. The predicted molar refractivity (Wildman–Crippen MR) is 89.6 cm³/mol. The van der Waals surface area contributed by atoms with E-state index in [1.165, 1.54) is 18.2 Å². The number of hydrogen-bond acceptors (Lipinski definition) is 5. The SMILES string of the molecule is O=C(O)C=Cc1ccc(CC=C2Oc3c(ccc(O)c3O)C2=O)cc1. The molecule has 0 bridgehead atoms. The molecule has 126 valence electrons. The van der Waals surface area contributed by atoms with E-state index in [1.807, 2.05) is 12.1 Å². The Labute approximate surface area is 142 Å². The molecule has 6 nitrogen and oxygen atoms in total. The van der Waals surface area contributed by atoms with Gasteiger partial charge in [-0.1, -0.05) is 24.3 Å². The maximum absolute atomic E-state index is 12.2. The van der Waals surface area contributed by atoms with E-state index in [1.54, 1.807) is 18.2 Å². The van der Waals surface area contributed by atoms with Gasteiger partial charge in [0.2, 0.25) is 11.5 Å². The van der Waals surface area contributed by atoms with Crippen molar-refractivity contribution in [3.05, 3.63) is 71.0 Å². The third kappa shape index (κ3) is 3.37. The minimum atomic E-state index is -1.01. The molecule has 6 heteroatoms. The summed E-state index contributed by atoms with van der Waals surface area (Å²) in [5, 5.41) is 27.8. The second-order valence-corrected chi connectivity index (χ2v) is 5.43. The highest BCUT2D eigenvalue weighted by molar-refractivity contribution is 6.13. The molecule has 0 fully saturated rings. The zero-order valence-electron chi connectivity index (χ0n) is 13.0. The molecule has 0 spiro atoms. The van der Waals surface area contributed by atoms with Crippen molar-refractivity contribution in [3.63, 3.8) is 0 Å². The largest absolute Gasteiger partial charge is 0.504 e. The summed E-state index contributed by atoms with van der Waals surface area (Å²) in [6.45, 7) is 0. The van der Waals surface area contributed by atoms with Gasteiger partial charge in [-0.25, -0.2) is 4.79 Å². The molecule has 2 aromatic carbocycles. The van der Waals surface area contributed by atoms with Gasteiger partial charge < -0.3 is 20.1 Å². The molecule has 3 rings (SSSR count). The molecular formula is C19H14O6. The summed E-state index contributed by atoms with van der Waals surface area (Å²) < 4.78 is 5.37. The molecule has 0 unspecified atom stereocenters. The minimum Gasteiger partial charge on any atom is -0.504 e. The van der Waals surface area contributed by atoms with Gasteiger partial charge in [-0.2, -0.15) is 0 Å². The number of hydrogen-bond donors (Lipinski definition) is 3. The summed E-state index contributed by atoms with van der Waals surface area (Å²) in [5.41, 5.74) is 1.86. The predicted octanol–water partition coefficient (Wildman–Crippen LogP) is 2.90. The number of ether oxygens (including phenoxy) is 1. The number of allylic oxidation sites excluding steroid dienone is 2. The Morgan fingerprint density at radius 2 is 1.80 bits per heavy atom. The fourth-order valence-corrected chi connectivity index (χ4v) is 2.41. The Kier molecular flexibility index (Phi) is 4.26. The molecule has 0 amide bonds. The number of aliphatic carboxylic acids is 1. The average molecular weight is 338 g/mol. The van der Waals surface area contributed by atoms with Crippen LogP contribution in [0.5, 0.6) is 17.2 Å². The molecular weight excluding hydrogens is 324 g/mol. The summed E-state index contributed by atoms with van der Waals surface area (Å²) in [6.07, 6.45) is 4.56. The lowest BCUT2D eigenvalue weighted by Gasteiger charge is -2.02. The third-order valence-electron chi connectivity index (χ3n) is 3.71. The molecule has 25 heavy (non-hydrogen) atoms. The van der Waals surface area contributed by atoms with Crippen LogP contribution in [0.1, 0.15) is 21.5 Å². The Morgan fingerprint density at radius 3 is 2.48 bits per heavy atom. The quantitative estimate of drug-likeness (QED) is 0.585. The fourth-order valence-electron chi connectivity index (χ4n) is 2.41. The number of ketones is 1. The number of aromatic hydroxyl groups is 2. The van der Waals surface area contributed by atoms with Gasteiger partial charge in [-0.05, 0) is 41.8 Å². The van der Waals surface area contributed by atoms with Gasteiger partial charge >= 0.3 is 5.97 Å². The summed E-state index contributed by atoms with van der Waals surface area (Å²) in [7, 11) is 0. The maximum atomic E-state index is 12.2. The van der Waals surface area contributed by atoms with Crippen LogP contribution in [-0.2, 0) is 11.2 Å². The molecule has 0 radical (unpaired) electrons. The third-order valence-corrected chi connectivity index (χ3v) is 3.71. The van der Waals surface area contributed by atoms with E-state index in [4.69, 9.17) is 9.84 Å². The van der Waals surface area contributed by atoms with Crippen LogP contribution in [0.4, 0.5) is 0 Å². The standard InChI is InChI=1S/C19H14O6/c20-14-8-7-13-17(23)15(25-19(13)18(14)24)9-5-11-1-3-12(4-2-11)6-10-16(21)22/h1-4,6-10,20,24H,5H2,(H,21,22). The van der Waals surface area contributed by atoms with Gasteiger partial charge in [0.15, 0.2) is 17.3 Å². The Bertz CT molecular complexity index is 906. The van der Waals surface area contributed by atoms with Gasteiger partial charge in [-0.15, -0.1) is 0 Å². The van der Waals surface area contributed by atoms with Crippen LogP contribution < -0.4 is 4.74 Å². The zero-order valence-corrected chi connectivity index (χ0v) is 13.0. The molecule has 2 aromatic rings. The van der Waals surface area contributed by atoms with Gasteiger partial charge in [0.25, 0.3) is 0 Å². The van der Waals surface area contributed by atoms with E-state index >= 15 is 0 Å². The van der Waals surface area contributed by atoms with Crippen LogP contribution >= 0.6 is 0 Å². The lowest BCUT2D eigenvalue weighted by atomic mass is 10.1. The summed E-state index contributed by atoms with van der Waals surface area (Å²) >= 11 is 0. The number of carbonyl (C=O) groups excluding carboxylic acids is 1. The average Bonchev–Trinajstić information content (AvgIpc) is 2.92. The molecule has 0 aliphatic carbocycles. The van der Waals surface area contributed by atoms with Crippen LogP contribution in [0.15, 0.2) is 54.3 Å². The van der Waals surface area contributed by atoms with E-state index in [0.29, 0.717) is 6.42 Å². The van der Waals surface area contributed by atoms with Crippen LogP contribution in [0, 0.1) is 0 Å². The van der Waals surface area contributed by atoms with E-state index in [2.05, 4.69) is 0 Å². The summed E-state index contributed by atoms with van der Waals surface area (Å²) in [5.74, 6) is -2.12. The number of benzene rings is 2. The topological polar surface area (TPSA) is 104 Å². The van der Waals surface area contributed by atoms with Crippen molar-refractivity contribution in [1.29, 1.82) is 0 Å². The first-order chi connectivity index (χ1) is 12.0. The molecule has 0 aromatic heterocycles. The second-order valence-electron chi connectivity index (χ2n) is 5.43. The van der Waals surface area contributed by atoms with Gasteiger partial charge in [-0.3, -0.25) is 4.79 Å². The van der Waals surface area contributed by atoms with E-state index < -0.39 is 11.7 Å². The van der Waals surface area contributed by atoms with E-state index in [-0.39, 0.29) is 28.6 Å². The minimum absolute atomic E-state index is 0.0367. The van der Waals surface area contributed by atoms with Crippen LogP contribution in [0.3, 0.4) is 0 Å². The van der Waals surface area contributed by atoms with Crippen LogP contribution in [0.2, 0.25) is 0 Å². The Hall–Kier alpha value is -3.54. The Morgan fingerprint density at radius 1 is 1.08 bits per heavy atom. The van der Waals surface area contributed by atoms with Crippen LogP contribution in [0.25, 0.3) is 6.08 Å². The number of carboxylic acids is 1. The molecule has 0 saturated carbocycles. The van der Waals surface area contributed by atoms with Crippen molar-refractivity contribution >= 4 is 17.8 Å². The molecule has 1 aliphatic heterocycles. The lowest BCUT2D eigenvalue weighted by molar-refractivity contribution is -0.131. The highest BCUT2D eigenvalue weighted by Gasteiger charge is 2.30. The molecule has 1 heterocycles. The normalized spacial score (nSPS) is 14.7. The maximum Gasteiger partial charge on any atom is 0.328 e. The first kappa shape index (κ1) is 16.3. The van der Waals surface area contributed by atoms with E-state index in [9.17, 15) is 19.8 Å². The number of carboxylic acid groups (broad SMARTS) is 1. The molecule has 0 saturated heterocycles. The first-order valence-electron chi connectivity index (χ1n) is 7.43. The zero-order chi connectivity index (χ0) is 18.0. The summed E-state index contributed by atoms with van der Waals surface area (Å²) in [6, 6.07) is 9.80. The van der Waals surface area contributed by atoms with Gasteiger partial charge in [0.1, 0.15) is 0 Å². The van der Waals surface area contributed by atoms with E-state index in [0.717, 1.165) is 17.2 Å². The van der Waals surface area contributed by atoms with Gasteiger partial charge in [0, 0.05) is 6.08 Å². The number of fused-ring (bicyclic) bond motifs is 1. The highest BCUT2D eigenvalue weighted by atomic mass is 16.5. The van der Waals surface area contributed by atoms with Crippen molar-refractivity contribution in [3.8, 4) is 17.2 Å².